The zero-order valence-electron chi connectivity index (χ0n) is 14.5. The van der Waals surface area contributed by atoms with Crippen molar-refractivity contribution in [3.63, 3.8) is 0 Å². The van der Waals surface area contributed by atoms with Crippen molar-refractivity contribution in [3.8, 4) is 0 Å². The van der Waals surface area contributed by atoms with Crippen LogP contribution < -0.4 is 11.1 Å². The zero-order chi connectivity index (χ0) is 18.7. The molecule has 0 heterocycles. The van der Waals surface area contributed by atoms with Crippen molar-refractivity contribution in [1.29, 1.82) is 0 Å². The molecule has 0 aromatic heterocycles. The molecule has 1 amide bonds. The highest BCUT2D eigenvalue weighted by Gasteiger charge is 2.35. The molecule has 0 aliphatic heterocycles. The Morgan fingerprint density at radius 1 is 1.12 bits per heavy atom. The van der Waals surface area contributed by atoms with Crippen molar-refractivity contribution < 1.29 is 18.0 Å². The first kappa shape index (κ1) is 18.5. The number of nitrogens with two attached hydrogens (primary N) is 1. The van der Waals surface area contributed by atoms with Gasteiger partial charge in [0.25, 0.3) is 0 Å². The molecule has 0 atom stereocenters. The first-order chi connectivity index (χ1) is 12.4. The van der Waals surface area contributed by atoms with Crippen LogP contribution in [0.3, 0.4) is 0 Å². The maximum absolute atomic E-state index is 12.9. The minimum Gasteiger partial charge on any atom is -0.394 e. The molecule has 2 aliphatic carbocycles. The number of halogens is 3. The maximum atomic E-state index is 12.9. The maximum Gasteiger partial charge on any atom is 0.431 e. The van der Waals surface area contributed by atoms with Crippen LogP contribution in [0.15, 0.2) is 34.5 Å². The van der Waals surface area contributed by atoms with Crippen LogP contribution in [0.5, 0.6) is 0 Å². The molecule has 0 spiro atoms. The fraction of sp³-hybridized carbons (Fsp3) is 0.474. The topological polar surface area (TPSA) is 67.5 Å². The minimum atomic E-state index is -4.57. The van der Waals surface area contributed by atoms with E-state index < -0.39 is 11.9 Å². The fourth-order valence-corrected chi connectivity index (χ4v) is 3.62. The molecule has 3 N–H and O–H groups in total. The van der Waals surface area contributed by atoms with Crippen molar-refractivity contribution >= 4 is 17.3 Å². The number of anilines is 1. The molecule has 0 saturated heterocycles. The number of alkyl halides is 3. The van der Waals surface area contributed by atoms with Gasteiger partial charge in [-0.3, -0.25) is 9.79 Å². The van der Waals surface area contributed by atoms with Gasteiger partial charge in [-0.2, -0.15) is 13.2 Å². The number of carbonyl (C=O) groups excluding carboxylic acids is 1. The highest BCUT2D eigenvalue weighted by molar-refractivity contribution is 6.03. The van der Waals surface area contributed by atoms with Crippen LogP contribution in [-0.2, 0) is 17.6 Å². The first-order valence-corrected chi connectivity index (χ1v) is 8.86. The number of nitrogens with zero attached hydrogens (tertiary/aromatic N) is 1. The molecule has 1 saturated carbocycles. The highest BCUT2D eigenvalue weighted by atomic mass is 19.4. The van der Waals surface area contributed by atoms with Crippen molar-refractivity contribution in [3.05, 3.63) is 40.6 Å². The third-order valence-corrected chi connectivity index (χ3v) is 4.90. The molecule has 0 bridgehead atoms. The van der Waals surface area contributed by atoms with E-state index in [2.05, 4.69) is 16.4 Å². The van der Waals surface area contributed by atoms with Gasteiger partial charge in [0.1, 0.15) is 12.2 Å². The van der Waals surface area contributed by atoms with E-state index in [1.165, 1.54) is 5.56 Å². The number of rotatable bonds is 3. The third kappa shape index (κ3) is 4.08. The predicted octanol–water partition coefficient (Wildman–Crippen LogP) is 3.90. The number of benzene rings is 1. The summed E-state index contributed by atoms with van der Waals surface area (Å²) in [6.45, 7) is -0.201. The molecule has 1 aromatic rings. The van der Waals surface area contributed by atoms with E-state index in [4.69, 9.17) is 5.73 Å². The average molecular weight is 365 g/mol. The van der Waals surface area contributed by atoms with Crippen molar-refractivity contribution in [2.24, 2.45) is 10.7 Å². The van der Waals surface area contributed by atoms with Gasteiger partial charge in [-0.15, -0.1) is 0 Å². The predicted molar refractivity (Wildman–Crippen MR) is 95.1 cm³/mol. The van der Waals surface area contributed by atoms with Gasteiger partial charge in [0.15, 0.2) is 0 Å². The van der Waals surface area contributed by atoms with Crippen LogP contribution in [0, 0.1) is 0 Å². The van der Waals surface area contributed by atoms with Crippen LogP contribution in [0.25, 0.3) is 0 Å². The first-order valence-electron chi connectivity index (χ1n) is 8.86. The molecule has 0 radical (unpaired) electrons. The Hall–Kier alpha value is -2.31. The molecule has 4 nitrogen and oxygen atoms in total. The zero-order valence-corrected chi connectivity index (χ0v) is 14.5. The molecule has 1 fully saturated rings. The normalized spacial score (nSPS) is 20.8. The number of allylic oxidation sites excluding steroid dienone is 2. The van der Waals surface area contributed by atoms with Gasteiger partial charge < -0.3 is 11.1 Å². The van der Waals surface area contributed by atoms with E-state index in [-0.39, 0.29) is 24.4 Å². The molecule has 1 aromatic carbocycles. The number of nitrogens with one attached hydrogen (secondary N) is 1. The lowest BCUT2D eigenvalue weighted by molar-refractivity contribution is -0.114. The van der Waals surface area contributed by atoms with Crippen LogP contribution in [0.2, 0.25) is 0 Å². The molecule has 0 unspecified atom stereocenters. The third-order valence-electron chi connectivity index (χ3n) is 4.90. The van der Waals surface area contributed by atoms with Gasteiger partial charge in [-0.1, -0.05) is 12.1 Å². The Labute approximate surface area is 150 Å². The summed E-state index contributed by atoms with van der Waals surface area (Å²) in [6.07, 6.45) is 0.490. The van der Waals surface area contributed by atoms with Crippen molar-refractivity contribution in [1.82, 2.24) is 0 Å². The molecular weight excluding hydrogens is 343 g/mol. The van der Waals surface area contributed by atoms with E-state index in [9.17, 15) is 18.0 Å². The molecule has 7 heteroatoms. The number of carbonyl (C=O) groups is 1. The van der Waals surface area contributed by atoms with Crippen LogP contribution in [-0.4, -0.2) is 24.3 Å². The van der Waals surface area contributed by atoms with Crippen LogP contribution >= 0.6 is 0 Å². The van der Waals surface area contributed by atoms with Crippen molar-refractivity contribution in [2.75, 3.05) is 11.9 Å². The van der Waals surface area contributed by atoms with Gasteiger partial charge in [0.2, 0.25) is 5.91 Å². The summed E-state index contributed by atoms with van der Waals surface area (Å²) >= 11 is 0. The monoisotopic (exact) mass is 365 g/mol. The Kier molecular flexibility index (Phi) is 5.34. The Morgan fingerprint density at radius 3 is 2.65 bits per heavy atom. The molecule has 26 heavy (non-hydrogen) atoms. The lowest BCUT2D eigenvalue weighted by Gasteiger charge is -2.20. The summed E-state index contributed by atoms with van der Waals surface area (Å²) < 4.78 is 38.7. The lowest BCUT2D eigenvalue weighted by Crippen LogP contribution is -2.27. The molecule has 140 valence electrons. The van der Waals surface area contributed by atoms with Gasteiger partial charge in [-0.05, 0) is 62.1 Å². The number of amides is 1. The van der Waals surface area contributed by atoms with Gasteiger partial charge in [-0.25, -0.2) is 0 Å². The Morgan fingerprint density at radius 2 is 1.88 bits per heavy atom. The smallest absolute Gasteiger partial charge is 0.394 e. The summed E-state index contributed by atoms with van der Waals surface area (Å²) in [7, 11) is 0. The number of fused-ring (bicyclic) bond motifs is 1. The summed E-state index contributed by atoms with van der Waals surface area (Å²) in [5, 5.41) is 2.84. The largest absolute Gasteiger partial charge is 0.431 e. The van der Waals surface area contributed by atoms with E-state index in [0.717, 1.165) is 36.9 Å². The van der Waals surface area contributed by atoms with Crippen LogP contribution in [0.1, 0.15) is 43.2 Å². The average Bonchev–Trinajstić information content (AvgIpc) is 3.08. The fourth-order valence-electron chi connectivity index (χ4n) is 3.62. The number of aliphatic imine (C=N–C) groups is 1. The van der Waals surface area contributed by atoms with Crippen LogP contribution in [0.4, 0.5) is 18.9 Å². The number of hydrogen-bond donors (Lipinski definition) is 2. The quantitative estimate of drug-likeness (QED) is 0.853. The summed E-state index contributed by atoms with van der Waals surface area (Å²) in [5.74, 6) is -0.326. The molecule has 3 rings (SSSR count). The SMILES string of the molecule is NC(=C1CCCCC1=NCC(=O)Nc1cccc2c1CCC2)C(F)(F)F. The second kappa shape index (κ2) is 7.51. The summed E-state index contributed by atoms with van der Waals surface area (Å²) in [6, 6.07) is 5.80. The van der Waals surface area contributed by atoms with Gasteiger partial charge in [0.05, 0.1) is 0 Å². The number of aryl methyl sites for hydroxylation is 1. The second-order valence-electron chi connectivity index (χ2n) is 6.70. The lowest BCUT2D eigenvalue weighted by atomic mass is 9.91. The standard InChI is InChI=1S/C19H22F3N3O/c20-19(21,22)18(23)14-7-1-2-9-15(14)24-11-17(26)25-16-10-4-6-12-5-3-8-13(12)16/h4,6,10H,1-3,5,7-9,11,23H2,(H,25,26). The summed E-state index contributed by atoms with van der Waals surface area (Å²) in [5.41, 5.74) is 7.70. The molecule has 2 aliphatic rings. The van der Waals surface area contributed by atoms with Gasteiger partial charge in [0, 0.05) is 17.0 Å². The minimum absolute atomic E-state index is 0.0390. The molecular formula is C19H22F3N3O. The Balaban J connectivity index is 1.72. The number of hydrogen-bond acceptors (Lipinski definition) is 3. The summed E-state index contributed by atoms with van der Waals surface area (Å²) in [4.78, 5) is 16.4. The van der Waals surface area contributed by atoms with E-state index >= 15 is 0 Å². The van der Waals surface area contributed by atoms with E-state index in [0.29, 0.717) is 18.6 Å². The Bertz CT molecular complexity index is 766. The highest BCUT2D eigenvalue weighted by Crippen LogP contribution is 2.31. The van der Waals surface area contributed by atoms with E-state index in [1.807, 2.05) is 12.1 Å². The second-order valence-corrected chi connectivity index (χ2v) is 6.70. The van der Waals surface area contributed by atoms with Gasteiger partial charge >= 0.3 is 6.18 Å². The van der Waals surface area contributed by atoms with E-state index in [1.54, 1.807) is 0 Å². The van der Waals surface area contributed by atoms with Crippen molar-refractivity contribution in [2.45, 2.75) is 51.1 Å².